The summed E-state index contributed by atoms with van der Waals surface area (Å²) in [6.07, 6.45) is 0. The zero-order valence-electron chi connectivity index (χ0n) is 11.8. The third-order valence-corrected chi connectivity index (χ3v) is 3.93. The smallest absolute Gasteiger partial charge is 0.289 e. The Labute approximate surface area is 127 Å². The first-order valence-corrected chi connectivity index (χ1v) is 7.14. The van der Waals surface area contributed by atoms with Gasteiger partial charge in [0, 0.05) is 26.2 Å². The summed E-state index contributed by atoms with van der Waals surface area (Å²) in [7, 11) is 1.44. The second-order valence-corrected chi connectivity index (χ2v) is 5.41. The van der Waals surface area contributed by atoms with Crippen LogP contribution in [0.4, 0.5) is 8.78 Å². The lowest BCUT2D eigenvalue weighted by molar-refractivity contribution is -0.118. The minimum atomic E-state index is -3.24. The molecule has 1 aromatic rings. The fourth-order valence-electron chi connectivity index (χ4n) is 2.60. The van der Waals surface area contributed by atoms with Crippen molar-refractivity contribution >= 4 is 11.6 Å². The third kappa shape index (κ3) is 3.63. The first kappa shape index (κ1) is 16.4. The molecule has 2 N–H and O–H groups in total. The molecule has 0 unspecified atom stereocenters. The Balaban J connectivity index is 2.38. The van der Waals surface area contributed by atoms with Crippen LogP contribution >= 0.6 is 11.6 Å². The molecule has 0 spiro atoms. The molecule has 0 radical (unpaired) electrons. The summed E-state index contributed by atoms with van der Waals surface area (Å²) < 4.78 is 33.6. The summed E-state index contributed by atoms with van der Waals surface area (Å²) in [5.41, 5.74) is 0.386. The number of rotatable bonds is 5. The van der Waals surface area contributed by atoms with Crippen LogP contribution < -0.4 is 10.1 Å². The van der Waals surface area contributed by atoms with Gasteiger partial charge in [-0.05, 0) is 17.7 Å². The topological polar surface area (TPSA) is 44.7 Å². The summed E-state index contributed by atoms with van der Waals surface area (Å²) in [6, 6.07) is 3.41. The van der Waals surface area contributed by atoms with Gasteiger partial charge in [-0.1, -0.05) is 17.7 Å². The molecule has 1 heterocycles. The van der Waals surface area contributed by atoms with E-state index in [9.17, 15) is 8.78 Å². The molecule has 1 aliphatic heterocycles. The lowest BCUT2D eigenvalue weighted by atomic mass is 9.98. The van der Waals surface area contributed by atoms with Gasteiger partial charge in [0.25, 0.3) is 5.92 Å². The summed E-state index contributed by atoms with van der Waals surface area (Å²) >= 11 is 5.95. The fraction of sp³-hybridized carbons (Fsp3) is 0.571. The van der Waals surface area contributed by atoms with E-state index in [1.165, 1.54) is 13.2 Å². The van der Waals surface area contributed by atoms with Crippen LogP contribution in [0.25, 0.3) is 0 Å². The van der Waals surface area contributed by atoms with Crippen molar-refractivity contribution in [3.8, 4) is 5.75 Å². The van der Waals surface area contributed by atoms with E-state index in [0.29, 0.717) is 42.5 Å². The van der Waals surface area contributed by atoms with Crippen LogP contribution in [-0.4, -0.2) is 55.8 Å². The Morgan fingerprint density at radius 2 is 2.10 bits per heavy atom. The second-order valence-electron chi connectivity index (χ2n) is 5.00. The number of aliphatic hydroxyl groups excluding tert-OH is 1. The number of hydrogen-bond donors (Lipinski definition) is 2. The van der Waals surface area contributed by atoms with Crippen LogP contribution in [0.2, 0.25) is 5.02 Å². The van der Waals surface area contributed by atoms with Crippen LogP contribution in [0.5, 0.6) is 5.75 Å². The Kier molecular flexibility index (Phi) is 5.37. The number of halogens is 3. The second kappa shape index (κ2) is 6.87. The molecule has 0 aliphatic carbocycles. The molecule has 7 heteroatoms. The number of nitrogens with zero attached hydrogens (tertiary/aromatic N) is 1. The summed E-state index contributed by atoms with van der Waals surface area (Å²) in [5.74, 6) is -2.89. The van der Waals surface area contributed by atoms with E-state index in [-0.39, 0.29) is 0 Å². The SMILES string of the molecule is COc1cc([C@H](N2CCNCC2)C(F)(F)CO)ccc1Cl. The van der Waals surface area contributed by atoms with Gasteiger partial charge < -0.3 is 15.2 Å². The van der Waals surface area contributed by atoms with Gasteiger partial charge in [-0.2, -0.15) is 0 Å². The van der Waals surface area contributed by atoms with Crippen molar-refractivity contribution in [3.63, 3.8) is 0 Å². The van der Waals surface area contributed by atoms with E-state index >= 15 is 0 Å². The highest BCUT2D eigenvalue weighted by atomic mass is 35.5. The fourth-order valence-corrected chi connectivity index (χ4v) is 2.79. The van der Waals surface area contributed by atoms with Crippen LogP contribution in [0.15, 0.2) is 18.2 Å². The van der Waals surface area contributed by atoms with E-state index in [1.807, 2.05) is 0 Å². The molecule has 0 bridgehead atoms. The van der Waals surface area contributed by atoms with Crippen molar-refractivity contribution in [1.82, 2.24) is 10.2 Å². The molecule has 1 saturated heterocycles. The predicted molar refractivity (Wildman–Crippen MR) is 77.2 cm³/mol. The number of ether oxygens (including phenoxy) is 1. The Hall–Kier alpha value is -0.950. The van der Waals surface area contributed by atoms with Gasteiger partial charge in [-0.25, -0.2) is 8.78 Å². The molecule has 21 heavy (non-hydrogen) atoms. The first-order valence-electron chi connectivity index (χ1n) is 6.76. The van der Waals surface area contributed by atoms with Crippen LogP contribution in [0, 0.1) is 0 Å². The standard InChI is InChI=1S/C14H19ClF2N2O2/c1-21-12-8-10(2-3-11(12)15)13(14(16,17)9-20)19-6-4-18-5-7-19/h2-3,8,13,18,20H,4-7,9H2,1H3/t13-/m0/s1. The number of piperazine rings is 1. The monoisotopic (exact) mass is 320 g/mol. The van der Waals surface area contributed by atoms with Crippen LogP contribution in [0.3, 0.4) is 0 Å². The Morgan fingerprint density at radius 1 is 1.43 bits per heavy atom. The van der Waals surface area contributed by atoms with Gasteiger partial charge in [0.1, 0.15) is 18.4 Å². The number of hydrogen-bond acceptors (Lipinski definition) is 4. The summed E-state index contributed by atoms with van der Waals surface area (Å²) in [6.45, 7) is 1.06. The van der Waals surface area contributed by atoms with Crippen molar-refractivity contribution in [2.75, 3.05) is 39.9 Å². The van der Waals surface area contributed by atoms with Crippen LogP contribution in [-0.2, 0) is 0 Å². The maximum absolute atomic E-state index is 14.2. The van der Waals surface area contributed by atoms with Crippen molar-refractivity contribution in [2.24, 2.45) is 0 Å². The lowest BCUT2D eigenvalue weighted by Crippen LogP contribution is -2.51. The highest BCUT2D eigenvalue weighted by Gasteiger charge is 2.44. The zero-order chi connectivity index (χ0) is 15.5. The normalized spacial score (nSPS) is 18.5. The average Bonchev–Trinajstić information content (AvgIpc) is 2.50. The number of alkyl halides is 2. The average molecular weight is 321 g/mol. The molecular formula is C14H19ClF2N2O2. The Bertz CT molecular complexity index is 482. The van der Waals surface area contributed by atoms with Crippen molar-refractivity contribution < 1.29 is 18.6 Å². The number of benzene rings is 1. The van der Waals surface area contributed by atoms with Crippen LogP contribution in [0.1, 0.15) is 11.6 Å². The van der Waals surface area contributed by atoms with Crippen molar-refractivity contribution in [3.05, 3.63) is 28.8 Å². The van der Waals surface area contributed by atoms with Gasteiger partial charge >= 0.3 is 0 Å². The molecule has 1 aliphatic rings. The molecule has 2 rings (SSSR count). The minimum Gasteiger partial charge on any atom is -0.495 e. The predicted octanol–water partition coefficient (Wildman–Crippen LogP) is 1.92. The van der Waals surface area contributed by atoms with Gasteiger partial charge in [0.15, 0.2) is 0 Å². The number of methoxy groups -OCH3 is 1. The third-order valence-electron chi connectivity index (χ3n) is 3.62. The molecule has 118 valence electrons. The van der Waals surface area contributed by atoms with Gasteiger partial charge in [-0.15, -0.1) is 0 Å². The van der Waals surface area contributed by atoms with Gasteiger partial charge in [0.2, 0.25) is 0 Å². The first-order chi connectivity index (χ1) is 9.99. The van der Waals surface area contributed by atoms with E-state index in [2.05, 4.69) is 5.32 Å². The highest BCUT2D eigenvalue weighted by Crippen LogP contribution is 2.39. The molecule has 4 nitrogen and oxygen atoms in total. The quantitative estimate of drug-likeness (QED) is 0.870. The molecule has 1 aromatic carbocycles. The van der Waals surface area contributed by atoms with E-state index in [4.69, 9.17) is 21.4 Å². The minimum absolute atomic E-state index is 0.350. The maximum Gasteiger partial charge on any atom is 0.289 e. The largest absolute Gasteiger partial charge is 0.495 e. The van der Waals surface area contributed by atoms with Crippen molar-refractivity contribution in [2.45, 2.75) is 12.0 Å². The van der Waals surface area contributed by atoms with E-state index < -0.39 is 18.6 Å². The zero-order valence-corrected chi connectivity index (χ0v) is 12.5. The molecule has 0 aromatic heterocycles. The Morgan fingerprint density at radius 3 is 2.67 bits per heavy atom. The lowest BCUT2D eigenvalue weighted by Gasteiger charge is -2.38. The molecule has 1 fully saturated rings. The summed E-state index contributed by atoms with van der Waals surface area (Å²) in [4.78, 5) is 1.68. The van der Waals surface area contributed by atoms with E-state index in [1.54, 1.807) is 17.0 Å². The summed E-state index contributed by atoms with van der Waals surface area (Å²) in [5, 5.41) is 12.6. The molecular weight excluding hydrogens is 302 g/mol. The molecule has 0 amide bonds. The van der Waals surface area contributed by atoms with E-state index in [0.717, 1.165) is 0 Å². The number of aliphatic hydroxyl groups is 1. The number of nitrogens with one attached hydrogen (secondary N) is 1. The van der Waals surface area contributed by atoms with Gasteiger partial charge in [-0.3, -0.25) is 4.90 Å². The van der Waals surface area contributed by atoms with Crippen molar-refractivity contribution in [1.29, 1.82) is 0 Å². The highest BCUT2D eigenvalue weighted by molar-refractivity contribution is 6.32. The maximum atomic E-state index is 14.2. The molecule has 1 atom stereocenters. The molecule has 0 saturated carbocycles. The van der Waals surface area contributed by atoms with Gasteiger partial charge in [0.05, 0.1) is 12.1 Å².